The molecule has 0 bridgehead atoms. The average molecular weight is 401 g/mol. The van der Waals surface area contributed by atoms with Gasteiger partial charge in [-0.1, -0.05) is 31.2 Å². The van der Waals surface area contributed by atoms with Gasteiger partial charge in [-0.25, -0.2) is 4.98 Å². The molecule has 5 nitrogen and oxygen atoms in total. The Morgan fingerprint density at radius 2 is 1.66 bits per heavy atom. The summed E-state index contributed by atoms with van der Waals surface area (Å²) < 4.78 is 0. The summed E-state index contributed by atoms with van der Waals surface area (Å²) in [5, 5.41) is 8.53. The van der Waals surface area contributed by atoms with E-state index in [4.69, 9.17) is 4.98 Å². The molecule has 2 amide bonds. The molecule has 6 heteroatoms. The maximum Gasteiger partial charge on any atom is 0.256 e. The zero-order valence-corrected chi connectivity index (χ0v) is 16.6. The fraction of sp³-hybridized carbons (Fsp3) is 0.0870. The van der Waals surface area contributed by atoms with E-state index in [9.17, 15) is 9.59 Å². The predicted molar refractivity (Wildman–Crippen MR) is 118 cm³/mol. The van der Waals surface area contributed by atoms with E-state index >= 15 is 0 Å². The summed E-state index contributed by atoms with van der Waals surface area (Å²) in [5.41, 5.74) is 3.48. The van der Waals surface area contributed by atoms with E-state index in [1.807, 2.05) is 47.8 Å². The molecule has 4 rings (SSSR count). The van der Waals surface area contributed by atoms with Crippen LogP contribution in [0.2, 0.25) is 0 Å². The highest BCUT2D eigenvalue weighted by molar-refractivity contribution is 7.13. The second-order valence-electron chi connectivity index (χ2n) is 6.48. The van der Waals surface area contributed by atoms with Crippen LogP contribution in [-0.2, 0) is 4.79 Å². The number of carbonyl (C=O) groups is 2. The van der Waals surface area contributed by atoms with E-state index in [1.165, 1.54) is 0 Å². The highest BCUT2D eigenvalue weighted by Crippen LogP contribution is 2.28. The van der Waals surface area contributed by atoms with Crippen LogP contribution in [0.5, 0.6) is 0 Å². The molecule has 2 heterocycles. The predicted octanol–water partition coefficient (Wildman–Crippen LogP) is 5.56. The largest absolute Gasteiger partial charge is 0.326 e. The second kappa shape index (κ2) is 8.24. The van der Waals surface area contributed by atoms with Crippen LogP contribution in [0.15, 0.2) is 72.1 Å². The lowest BCUT2D eigenvalue weighted by Crippen LogP contribution is -2.13. The van der Waals surface area contributed by atoms with Crippen molar-refractivity contribution < 1.29 is 9.59 Å². The normalized spacial score (nSPS) is 10.7. The molecule has 29 heavy (non-hydrogen) atoms. The molecule has 2 aromatic heterocycles. The minimum absolute atomic E-state index is 0.0499. The smallest absolute Gasteiger partial charge is 0.256 e. The molecule has 0 radical (unpaired) electrons. The number of para-hydroxylation sites is 1. The van der Waals surface area contributed by atoms with E-state index in [-0.39, 0.29) is 11.8 Å². The van der Waals surface area contributed by atoms with Crippen LogP contribution in [0.25, 0.3) is 21.5 Å². The Kier molecular flexibility index (Phi) is 5.35. The fourth-order valence-corrected chi connectivity index (χ4v) is 3.68. The molecule has 2 N–H and O–H groups in total. The lowest BCUT2D eigenvalue weighted by molar-refractivity contribution is -0.115. The van der Waals surface area contributed by atoms with Crippen LogP contribution in [-0.4, -0.2) is 16.8 Å². The number of nitrogens with zero attached hydrogens (tertiary/aromatic N) is 1. The van der Waals surface area contributed by atoms with Crippen molar-refractivity contribution in [3.8, 4) is 10.6 Å². The zero-order valence-electron chi connectivity index (χ0n) is 15.8. The second-order valence-corrected chi connectivity index (χ2v) is 7.43. The van der Waals surface area contributed by atoms with Gasteiger partial charge >= 0.3 is 0 Å². The summed E-state index contributed by atoms with van der Waals surface area (Å²) in [4.78, 5) is 30.3. The number of thiophene rings is 1. The van der Waals surface area contributed by atoms with Gasteiger partial charge in [-0.05, 0) is 47.8 Å². The standard InChI is InChI=1S/C23H19N3O2S/c1-2-22(27)24-15-9-11-16(12-10-15)25-23(28)18-14-20(21-8-5-13-29-21)26-19-7-4-3-6-17(18)19/h3-14H,2H2,1H3,(H,24,27)(H,25,28). The zero-order chi connectivity index (χ0) is 20.2. The van der Waals surface area contributed by atoms with Gasteiger partial charge in [0.15, 0.2) is 0 Å². The van der Waals surface area contributed by atoms with Gasteiger partial charge in [0.2, 0.25) is 5.91 Å². The molecule has 2 aromatic carbocycles. The fourth-order valence-electron chi connectivity index (χ4n) is 3.00. The molecule has 0 fully saturated rings. The summed E-state index contributed by atoms with van der Waals surface area (Å²) in [5.74, 6) is -0.252. The number of rotatable bonds is 5. The Labute approximate surface area is 172 Å². The Balaban J connectivity index is 1.64. The van der Waals surface area contributed by atoms with Crippen molar-refractivity contribution in [3.05, 3.63) is 77.7 Å². The first kappa shape index (κ1) is 18.8. The molecule has 0 aliphatic rings. The van der Waals surface area contributed by atoms with E-state index in [0.717, 1.165) is 21.5 Å². The summed E-state index contributed by atoms with van der Waals surface area (Å²) in [7, 11) is 0. The van der Waals surface area contributed by atoms with E-state index in [0.29, 0.717) is 23.4 Å². The van der Waals surface area contributed by atoms with Gasteiger partial charge in [-0.2, -0.15) is 0 Å². The van der Waals surface area contributed by atoms with Crippen molar-refractivity contribution in [2.75, 3.05) is 10.6 Å². The molecular weight excluding hydrogens is 382 g/mol. The number of hydrogen-bond acceptors (Lipinski definition) is 4. The van der Waals surface area contributed by atoms with Crippen LogP contribution in [0.4, 0.5) is 11.4 Å². The SMILES string of the molecule is CCC(=O)Nc1ccc(NC(=O)c2cc(-c3cccs3)nc3ccccc23)cc1. The van der Waals surface area contributed by atoms with Gasteiger partial charge in [-0.3, -0.25) is 9.59 Å². The van der Waals surface area contributed by atoms with Crippen molar-refractivity contribution in [3.63, 3.8) is 0 Å². The van der Waals surface area contributed by atoms with Gasteiger partial charge in [-0.15, -0.1) is 11.3 Å². The number of aromatic nitrogens is 1. The molecule has 0 aliphatic carbocycles. The Hall–Kier alpha value is -3.51. The number of benzene rings is 2. The van der Waals surface area contributed by atoms with Crippen molar-refractivity contribution in [2.45, 2.75) is 13.3 Å². The van der Waals surface area contributed by atoms with E-state index < -0.39 is 0 Å². The summed E-state index contributed by atoms with van der Waals surface area (Å²) in [6, 6.07) is 20.5. The average Bonchev–Trinajstić information content (AvgIpc) is 3.29. The van der Waals surface area contributed by atoms with Crippen LogP contribution in [0.3, 0.4) is 0 Å². The van der Waals surface area contributed by atoms with Crippen molar-refractivity contribution >= 4 is 45.4 Å². The molecule has 0 spiro atoms. The minimum atomic E-state index is -0.202. The first-order chi connectivity index (χ1) is 14.1. The lowest BCUT2D eigenvalue weighted by Gasteiger charge is -2.11. The van der Waals surface area contributed by atoms with Crippen molar-refractivity contribution in [2.24, 2.45) is 0 Å². The third kappa shape index (κ3) is 4.17. The first-order valence-corrected chi connectivity index (χ1v) is 10.2. The number of nitrogens with one attached hydrogen (secondary N) is 2. The Morgan fingerprint density at radius 3 is 2.34 bits per heavy atom. The van der Waals surface area contributed by atoms with Gasteiger partial charge in [0.05, 0.1) is 21.7 Å². The number of anilines is 2. The quantitative estimate of drug-likeness (QED) is 0.460. The highest BCUT2D eigenvalue weighted by atomic mass is 32.1. The third-order valence-electron chi connectivity index (χ3n) is 4.48. The number of pyridine rings is 1. The van der Waals surface area contributed by atoms with Crippen molar-refractivity contribution in [1.29, 1.82) is 0 Å². The highest BCUT2D eigenvalue weighted by Gasteiger charge is 2.14. The molecule has 0 saturated carbocycles. The van der Waals surface area contributed by atoms with Crippen molar-refractivity contribution in [1.82, 2.24) is 4.98 Å². The summed E-state index contributed by atoms with van der Waals surface area (Å²) in [6.07, 6.45) is 0.417. The molecule has 0 atom stereocenters. The van der Waals surface area contributed by atoms with Gasteiger partial charge in [0.1, 0.15) is 0 Å². The number of fused-ring (bicyclic) bond motifs is 1. The van der Waals surface area contributed by atoms with Crippen LogP contribution in [0.1, 0.15) is 23.7 Å². The van der Waals surface area contributed by atoms with E-state index in [1.54, 1.807) is 42.5 Å². The monoisotopic (exact) mass is 401 g/mol. The molecule has 4 aromatic rings. The van der Waals surface area contributed by atoms with Gasteiger partial charge in [0, 0.05) is 23.2 Å². The number of hydrogen-bond donors (Lipinski definition) is 2. The minimum Gasteiger partial charge on any atom is -0.326 e. The number of carbonyl (C=O) groups excluding carboxylic acids is 2. The maximum atomic E-state index is 13.1. The van der Waals surface area contributed by atoms with Crippen LogP contribution in [0, 0.1) is 0 Å². The maximum absolute atomic E-state index is 13.1. The number of amides is 2. The summed E-state index contributed by atoms with van der Waals surface area (Å²) >= 11 is 1.59. The van der Waals surface area contributed by atoms with E-state index in [2.05, 4.69) is 10.6 Å². The van der Waals surface area contributed by atoms with Gasteiger partial charge < -0.3 is 10.6 Å². The molecular formula is C23H19N3O2S. The van der Waals surface area contributed by atoms with Gasteiger partial charge in [0.25, 0.3) is 5.91 Å². The Morgan fingerprint density at radius 1 is 0.931 bits per heavy atom. The van der Waals surface area contributed by atoms with Crippen LogP contribution < -0.4 is 10.6 Å². The topological polar surface area (TPSA) is 71.1 Å². The summed E-state index contributed by atoms with van der Waals surface area (Å²) in [6.45, 7) is 1.80. The molecule has 0 unspecified atom stereocenters. The lowest BCUT2D eigenvalue weighted by atomic mass is 10.1. The van der Waals surface area contributed by atoms with Crippen LogP contribution >= 0.6 is 11.3 Å². The molecule has 0 aliphatic heterocycles. The molecule has 0 saturated heterocycles. The Bertz CT molecular complexity index is 1170. The third-order valence-corrected chi connectivity index (χ3v) is 5.37. The molecule has 144 valence electrons. The first-order valence-electron chi connectivity index (χ1n) is 9.29.